The number of rotatable bonds is 5. The summed E-state index contributed by atoms with van der Waals surface area (Å²) in [5, 5.41) is 6.99. The normalized spacial score (nSPS) is 11.8. The molecule has 26 heavy (non-hydrogen) atoms. The topological polar surface area (TPSA) is 49.3 Å². The molecule has 1 aromatic carbocycles. The lowest BCUT2D eigenvalue weighted by Gasteiger charge is -2.12. The lowest BCUT2D eigenvalue weighted by atomic mass is 10.2. The van der Waals surface area contributed by atoms with Gasteiger partial charge in [0, 0.05) is 37.5 Å². The monoisotopic (exact) mass is 506 g/mol. The van der Waals surface area contributed by atoms with E-state index in [0.717, 1.165) is 34.9 Å². The summed E-state index contributed by atoms with van der Waals surface area (Å²) in [4.78, 5) is 7.43. The van der Waals surface area contributed by atoms with Gasteiger partial charge in [-0.3, -0.25) is 4.99 Å². The van der Waals surface area contributed by atoms with Crippen LogP contribution in [0.5, 0.6) is 0 Å². The number of aromatic nitrogens is 1. The fourth-order valence-corrected chi connectivity index (χ4v) is 2.73. The van der Waals surface area contributed by atoms with Gasteiger partial charge in [0.1, 0.15) is 11.6 Å². The molecule has 0 fully saturated rings. The van der Waals surface area contributed by atoms with E-state index in [9.17, 15) is 22.0 Å². The van der Waals surface area contributed by atoms with Gasteiger partial charge in [0.25, 0.3) is 0 Å². The van der Waals surface area contributed by atoms with Crippen molar-refractivity contribution in [2.24, 2.45) is 4.99 Å². The zero-order valence-electron chi connectivity index (χ0n) is 13.5. The van der Waals surface area contributed by atoms with Crippen molar-refractivity contribution in [2.45, 2.75) is 19.1 Å². The number of thiazole rings is 1. The summed E-state index contributed by atoms with van der Waals surface area (Å²) in [5.74, 6) is -0.784. The van der Waals surface area contributed by atoms with Gasteiger partial charge in [0.05, 0.1) is 5.01 Å². The molecule has 0 radical (unpaired) electrons. The second kappa shape index (κ2) is 10.00. The van der Waals surface area contributed by atoms with Gasteiger partial charge in [-0.1, -0.05) is 0 Å². The smallest absolute Gasteiger partial charge is 0.356 e. The number of aliphatic imine (C=N–C) groups is 1. The maximum atomic E-state index is 13.5. The maximum Gasteiger partial charge on any atom is 0.434 e. The molecule has 0 bridgehead atoms. The summed E-state index contributed by atoms with van der Waals surface area (Å²) >= 11 is 0.927. The molecule has 1 aromatic heterocycles. The molecule has 2 N–H and O–H groups in total. The van der Waals surface area contributed by atoms with E-state index in [1.54, 1.807) is 0 Å². The number of nitrogens with zero attached hydrogens (tertiary/aromatic N) is 2. The molecule has 2 rings (SSSR count). The molecule has 0 saturated carbocycles. The molecule has 144 valence electrons. The van der Waals surface area contributed by atoms with Gasteiger partial charge in [-0.25, -0.2) is 13.8 Å². The van der Waals surface area contributed by atoms with Crippen molar-refractivity contribution in [3.63, 3.8) is 0 Å². The minimum Gasteiger partial charge on any atom is -0.356 e. The average Bonchev–Trinajstić information content (AvgIpc) is 3.03. The van der Waals surface area contributed by atoms with Crippen LogP contribution in [-0.2, 0) is 19.1 Å². The zero-order chi connectivity index (χ0) is 18.4. The molecule has 0 saturated heterocycles. The van der Waals surface area contributed by atoms with E-state index in [2.05, 4.69) is 20.6 Å². The van der Waals surface area contributed by atoms with Crippen LogP contribution in [0.25, 0.3) is 0 Å². The molecule has 0 unspecified atom stereocenters. The first-order valence-corrected chi connectivity index (χ1v) is 8.07. The highest BCUT2D eigenvalue weighted by molar-refractivity contribution is 14.0. The van der Waals surface area contributed by atoms with Gasteiger partial charge in [-0.2, -0.15) is 13.2 Å². The van der Waals surface area contributed by atoms with Gasteiger partial charge in [0.15, 0.2) is 11.7 Å². The minimum atomic E-state index is -4.45. The van der Waals surface area contributed by atoms with Crippen LogP contribution >= 0.6 is 35.3 Å². The molecule has 1 heterocycles. The van der Waals surface area contributed by atoms with E-state index in [-0.39, 0.29) is 49.1 Å². The van der Waals surface area contributed by atoms with Crippen molar-refractivity contribution in [3.05, 3.63) is 51.5 Å². The number of hydrogen-bond acceptors (Lipinski definition) is 3. The molecule has 0 amide bonds. The summed E-state index contributed by atoms with van der Waals surface area (Å²) in [6.07, 6.45) is -4.18. The Hall–Kier alpha value is -1.50. The van der Waals surface area contributed by atoms with Crippen molar-refractivity contribution in [2.75, 3.05) is 13.6 Å². The molecule has 0 aliphatic carbocycles. The molecule has 0 aliphatic heterocycles. The second-order valence-corrected chi connectivity index (χ2v) is 5.91. The first-order chi connectivity index (χ1) is 11.8. The summed E-state index contributed by atoms with van der Waals surface area (Å²) in [6.45, 7) is 0.300. The number of nitrogens with one attached hydrogen (secondary N) is 2. The number of halogens is 6. The molecule has 0 atom stereocenters. The molecular weight excluding hydrogens is 490 g/mol. The third-order valence-corrected chi connectivity index (χ3v) is 4.06. The molecular formula is C15H16F5IN4S. The molecule has 2 aromatic rings. The Morgan fingerprint density at radius 2 is 1.96 bits per heavy atom. The fourth-order valence-electron chi connectivity index (χ4n) is 1.92. The number of guanidine groups is 1. The summed E-state index contributed by atoms with van der Waals surface area (Å²) < 4.78 is 64.0. The molecule has 0 spiro atoms. The van der Waals surface area contributed by atoms with Gasteiger partial charge in [-0.15, -0.1) is 35.3 Å². The predicted molar refractivity (Wildman–Crippen MR) is 101 cm³/mol. The Labute approximate surface area is 168 Å². The highest BCUT2D eigenvalue weighted by Crippen LogP contribution is 2.29. The molecule has 0 aliphatic rings. The Balaban J connectivity index is 0.00000338. The standard InChI is InChI=1S/C15H15F5N4S.HI/c1-21-14(23-7-9-6-10(16)2-3-11(9)17)22-5-4-13-24-12(8-25-13)15(18,19)20;/h2-3,6,8H,4-5,7H2,1H3,(H2,21,22,23);1H. The Kier molecular flexibility index (Phi) is 8.67. The van der Waals surface area contributed by atoms with E-state index in [4.69, 9.17) is 0 Å². The fraction of sp³-hybridized carbons (Fsp3) is 0.333. The highest BCUT2D eigenvalue weighted by Gasteiger charge is 2.33. The Bertz CT molecular complexity index is 748. The predicted octanol–water partition coefficient (Wildman–Crippen LogP) is 3.97. The molecule has 4 nitrogen and oxygen atoms in total. The summed E-state index contributed by atoms with van der Waals surface area (Å²) in [5.41, 5.74) is -0.769. The van der Waals surface area contributed by atoms with Crippen molar-refractivity contribution in [1.82, 2.24) is 15.6 Å². The average molecular weight is 506 g/mol. The van der Waals surface area contributed by atoms with Crippen LogP contribution in [0.3, 0.4) is 0 Å². The van der Waals surface area contributed by atoms with Gasteiger partial charge < -0.3 is 10.6 Å². The lowest BCUT2D eigenvalue weighted by molar-refractivity contribution is -0.140. The van der Waals surface area contributed by atoms with E-state index in [1.807, 2.05) is 0 Å². The highest BCUT2D eigenvalue weighted by atomic mass is 127. The third kappa shape index (κ3) is 6.67. The van der Waals surface area contributed by atoms with Gasteiger partial charge in [-0.05, 0) is 18.2 Å². The minimum absolute atomic E-state index is 0. The van der Waals surface area contributed by atoms with E-state index in [0.29, 0.717) is 11.0 Å². The van der Waals surface area contributed by atoms with Crippen LogP contribution in [0.2, 0.25) is 0 Å². The number of benzene rings is 1. The summed E-state index contributed by atoms with van der Waals surface area (Å²) in [6, 6.07) is 3.13. The number of alkyl halides is 3. The maximum absolute atomic E-state index is 13.5. The quantitative estimate of drug-likeness (QED) is 0.280. The van der Waals surface area contributed by atoms with Crippen LogP contribution in [0.4, 0.5) is 22.0 Å². The third-order valence-electron chi connectivity index (χ3n) is 3.15. The zero-order valence-corrected chi connectivity index (χ0v) is 16.7. The van der Waals surface area contributed by atoms with Crippen LogP contribution in [0.1, 0.15) is 16.3 Å². The Morgan fingerprint density at radius 1 is 1.23 bits per heavy atom. The van der Waals surface area contributed by atoms with Gasteiger partial charge in [0.2, 0.25) is 0 Å². The SMILES string of the molecule is CN=C(NCCc1nc(C(F)(F)F)cs1)NCc1cc(F)ccc1F.I. The van der Waals surface area contributed by atoms with E-state index in [1.165, 1.54) is 7.05 Å². The summed E-state index contributed by atoms with van der Waals surface area (Å²) in [7, 11) is 1.49. The van der Waals surface area contributed by atoms with Crippen LogP contribution in [0, 0.1) is 11.6 Å². The van der Waals surface area contributed by atoms with Crippen LogP contribution < -0.4 is 10.6 Å². The van der Waals surface area contributed by atoms with Crippen molar-refractivity contribution in [3.8, 4) is 0 Å². The largest absolute Gasteiger partial charge is 0.434 e. The van der Waals surface area contributed by atoms with Gasteiger partial charge >= 0.3 is 6.18 Å². The van der Waals surface area contributed by atoms with E-state index >= 15 is 0 Å². The van der Waals surface area contributed by atoms with Crippen molar-refractivity contribution >= 4 is 41.3 Å². The lowest BCUT2D eigenvalue weighted by Crippen LogP contribution is -2.38. The van der Waals surface area contributed by atoms with Crippen LogP contribution in [0.15, 0.2) is 28.6 Å². The van der Waals surface area contributed by atoms with Crippen molar-refractivity contribution < 1.29 is 22.0 Å². The van der Waals surface area contributed by atoms with E-state index < -0.39 is 23.5 Å². The molecule has 11 heteroatoms. The Morgan fingerprint density at radius 3 is 2.58 bits per heavy atom. The second-order valence-electron chi connectivity index (χ2n) is 4.96. The van der Waals surface area contributed by atoms with Crippen molar-refractivity contribution in [1.29, 1.82) is 0 Å². The first-order valence-electron chi connectivity index (χ1n) is 7.19. The first kappa shape index (κ1) is 22.5. The van der Waals surface area contributed by atoms with Crippen LogP contribution in [-0.4, -0.2) is 24.5 Å². The number of hydrogen-bond donors (Lipinski definition) is 2.